The molecule has 0 fully saturated rings. The lowest BCUT2D eigenvalue weighted by molar-refractivity contribution is 0.318. The van der Waals surface area contributed by atoms with Crippen molar-refractivity contribution in [3.05, 3.63) is 120 Å². The minimum Gasteiger partial charge on any atom is -0.504 e. The van der Waals surface area contributed by atoms with Gasteiger partial charge in [0.25, 0.3) is 5.56 Å². The Labute approximate surface area is 208 Å². The summed E-state index contributed by atoms with van der Waals surface area (Å²) in [4.78, 5) is 19.0. The number of ether oxygens (including phenoxy) is 1. The number of fused-ring (bicyclic) bond motifs is 1. The maximum atomic E-state index is 13.6. The van der Waals surface area contributed by atoms with Crippen molar-refractivity contribution >= 4 is 39.0 Å². The van der Waals surface area contributed by atoms with E-state index in [9.17, 15) is 9.90 Å². The summed E-state index contributed by atoms with van der Waals surface area (Å²) in [6, 6.07) is 22.8. The first-order valence-electron chi connectivity index (χ1n) is 10.8. The van der Waals surface area contributed by atoms with Gasteiger partial charge in [0, 0.05) is 4.47 Å². The molecule has 1 aromatic heterocycles. The molecule has 7 heteroatoms. The quantitative estimate of drug-likeness (QED) is 0.398. The highest BCUT2D eigenvalue weighted by Crippen LogP contribution is 2.29. The van der Waals surface area contributed by atoms with Gasteiger partial charge < -0.3 is 9.84 Å². The van der Waals surface area contributed by atoms with Crippen molar-refractivity contribution in [2.24, 2.45) is 4.99 Å². The SMILES string of the molecule is CCOc1cc(C=c2sc3n(c2=O)C(c2ccc(Br)cc2)C=C(c2ccccc2)N=3)ccc1O. The topological polar surface area (TPSA) is 63.8 Å². The number of thiazole rings is 1. The molecule has 1 atom stereocenters. The highest BCUT2D eigenvalue weighted by Gasteiger charge is 2.22. The van der Waals surface area contributed by atoms with E-state index >= 15 is 0 Å². The Hall–Kier alpha value is -3.42. The van der Waals surface area contributed by atoms with Gasteiger partial charge in [0.05, 0.1) is 22.9 Å². The van der Waals surface area contributed by atoms with Crippen molar-refractivity contribution in [2.45, 2.75) is 13.0 Å². The number of allylic oxidation sites excluding steroid dienone is 1. The zero-order valence-electron chi connectivity index (χ0n) is 18.3. The van der Waals surface area contributed by atoms with Crippen molar-refractivity contribution < 1.29 is 9.84 Å². The van der Waals surface area contributed by atoms with Gasteiger partial charge in [-0.15, -0.1) is 0 Å². The average molecular weight is 533 g/mol. The fourth-order valence-electron chi connectivity index (χ4n) is 3.89. The maximum Gasteiger partial charge on any atom is 0.271 e. The molecular weight excluding hydrogens is 512 g/mol. The second-order valence-corrected chi connectivity index (χ2v) is 9.68. The molecule has 5 nitrogen and oxygen atoms in total. The predicted molar refractivity (Wildman–Crippen MR) is 139 cm³/mol. The van der Waals surface area contributed by atoms with Crippen LogP contribution in [0.3, 0.4) is 0 Å². The Kier molecular flexibility index (Phi) is 6.22. The highest BCUT2D eigenvalue weighted by molar-refractivity contribution is 9.10. The molecule has 2 heterocycles. The summed E-state index contributed by atoms with van der Waals surface area (Å²) in [5, 5.41) is 10.0. The molecule has 34 heavy (non-hydrogen) atoms. The lowest BCUT2D eigenvalue weighted by Crippen LogP contribution is -2.36. The van der Waals surface area contributed by atoms with Gasteiger partial charge in [-0.3, -0.25) is 9.36 Å². The summed E-state index contributed by atoms with van der Waals surface area (Å²) in [5.74, 6) is 0.464. The number of phenols is 1. The van der Waals surface area contributed by atoms with Gasteiger partial charge in [-0.2, -0.15) is 0 Å². The molecule has 0 saturated carbocycles. The molecule has 0 amide bonds. The summed E-state index contributed by atoms with van der Waals surface area (Å²) in [6.45, 7) is 2.30. The number of halogens is 1. The van der Waals surface area contributed by atoms with Gasteiger partial charge in [0.1, 0.15) is 0 Å². The minimum absolute atomic E-state index is 0.0724. The van der Waals surface area contributed by atoms with E-state index in [0.717, 1.165) is 26.9 Å². The standard InChI is InChI=1S/C27H21BrN2O3S/c1-2-33-24-14-17(8-13-23(24)31)15-25-26(32)30-22(19-9-11-20(28)12-10-19)16-21(29-27(30)34-25)18-6-4-3-5-7-18/h3-16,22,31H,2H2,1H3. The Bertz CT molecular complexity index is 1550. The Morgan fingerprint density at radius 2 is 1.88 bits per heavy atom. The van der Waals surface area contributed by atoms with Crippen LogP contribution in [-0.4, -0.2) is 16.3 Å². The molecule has 170 valence electrons. The largest absolute Gasteiger partial charge is 0.504 e. The fourth-order valence-corrected chi connectivity index (χ4v) is 5.17. The molecule has 1 N–H and O–H groups in total. The third kappa shape index (κ3) is 4.36. The van der Waals surface area contributed by atoms with E-state index in [4.69, 9.17) is 9.73 Å². The first-order valence-corrected chi connectivity index (χ1v) is 12.4. The van der Waals surface area contributed by atoms with Crippen molar-refractivity contribution in [1.29, 1.82) is 0 Å². The van der Waals surface area contributed by atoms with Crippen molar-refractivity contribution in [2.75, 3.05) is 6.61 Å². The molecule has 1 aliphatic rings. The average Bonchev–Trinajstić information content (AvgIpc) is 3.17. The van der Waals surface area contributed by atoms with Crippen LogP contribution in [0.15, 0.2) is 93.1 Å². The lowest BCUT2D eigenvalue weighted by Gasteiger charge is -2.19. The first-order chi connectivity index (χ1) is 16.5. The van der Waals surface area contributed by atoms with Gasteiger partial charge in [0.15, 0.2) is 16.3 Å². The van der Waals surface area contributed by atoms with E-state index in [1.807, 2.05) is 73.7 Å². The molecule has 0 saturated heterocycles. The summed E-state index contributed by atoms with van der Waals surface area (Å²) in [5.41, 5.74) is 3.51. The molecule has 5 rings (SSSR count). The van der Waals surface area contributed by atoms with Crippen LogP contribution < -0.4 is 19.6 Å². The molecule has 0 spiro atoms. The van der Waals surface area contributed by atoms with Gasteiger partial charge >= 0.3 is 0 Å². The highest BCUT2D eigenvalue weighted by atomic mass is 79.9. The molecule has 0 radical (unpaired) electrons. The van der Waals surface area contributed by atoms with Crippen LogP contribution in [0, 0.1) is 0 Å². The van der Waals surface area contributed by atoms with Gasteiger partial charge in [-0.1, -0.05) is 75.8 Å². The number of phenolic OH excluding ortho intramolecular Hbond substituents is 1. The second kappa shape index (κ2) is 9.44. The summed E-state index contributed by atoms with van der Waals surface area (Å²) < 4.78 is 8.79. The Morgan fingerprint density at radius 3 is 2.62 bits per heavy atom. The monoisotopic (exact) mass is 532 g/mol. The first kappa shape index (κ1) is 22.4. The van der Waals surface area contributed by atoms with Crippen LogP contribution in [0.4, 0.5) is 0 Å². The van der Waals surface area contributed by atoms with E-state index in [1.165, 1.54) is 11.3 Å². The number of benzene rings is 3. The number of hydrogen-bond acceptors (Lipinski definition) is 5. The molecule has 0 aliphatic carbocycles. The fraction of sp³-hybridized carbons (Fsp3) is 0.111. The Balaban J connectivity index is 1.69. The number of aromatic hydroxyl groups is 1. The number of nitrogens with zero attached hydrogens (tertiary/aromatic N) is 2. The molecule has 4 aromatic rings. The van der Waals surface area contributed by atoms with Gasteiger partial charge in [-0.05, 0) is 60.0 Å². The van der Waals surface area contributed by atoms with E-state index in [-0.39, 0.29) is 17.4 Å². The van der Waals surface area contributed by atoms with Crippen LogP contribution >= 0.6 is 27.3 Å². The summed E-state index contributed by atoms with van der Waals surface area (Å²) in [6.07, 6.45) is 3.86. The van der Waals surface area contributed by atoms with E-state index in [0.29, 0.717) is 21.7 Å². The molecule has 3 aromatic carbocycles. The van der Waals surface area contributed by atoms with E-state index in [2.05, 4.69) is 15.9 Å². The van der Waals surface area contributed by atoms with Crippen molar-refractivity contribution in [3.8, 4) is 11.5 Å². The van der Waals surface area contributed by atoms with Crippen LogP contribution in [0.1, 0.15) is 29.7 Å². The number of aromatic nitrogens is 1. The molecule has 0 bridgehead atoms. The number of rotatable bonds is 5. The van der Waals surface area contributed by atoms with Crippen LogP contribution in [0.2, 0.25) is 0 Å². The normalized spacial score (nSPS) is 15.4. The maximum absolute atomic E-state index is 13.6. The zero-order valence-corrected chi connectivity index (χ0v) is 20.7. The minimum atomic E-state index is -0.277. The molecule has 1 aliphatic heterocycles. The summed E-state index contributed by atoms with van der Waals surface area (Å²) in [7, 11) is 0. The predicted octanol–water partition coefficient (Wildman–Crippen LogP) is 4.87. The summed E-state index contributed by atoms with van der Waals surface area (Å²) >= 11 is 4.85. The smallest absolute Gasteiger partial charge is 0.271 e. The van der Waals surface area contributed by atoms with Crippen molar-refractivity contribution in [3.63, 3.8) is 0 Å². The van der Waals surface area contributed by atoms with Crippen LogP contribution in [0.25, 0.3) is 11.8 Å². The molecule has 1 unspecified atom stereocenters. The molecular formula is C27H21BrN2O3S. The third-order valence-electron chi connectivity index (χ3n) is 5.51. The van der Waals surface area contributed by atoms with E-state index < -0.39 is 0 Å². The van der Waals surface area contributed by atoms with Gasteiger partial charge in [0.2, 0.25) is 0 Å². The van der Waals surface area contributed by atoms with E-state index in [1.54, 1.807) is 22.8 Å². The Morgan fingerprint density at radius 1 is 1.12 bits per heavy atom. The third-order valence-corrected chi connectivity index (χ3v) is 7.02. The van der Waals surface area contributed by atoms with Gasteiger partial charge in [-0.25, -0.2) is 4.99 Å². The second-order valence-electron chi connectivity index (χ2n) is 7.75. The zero-order chi connectivity index (χ0) is 23.7. The van der Waals surface area contributed by atoms with Crippen molar-refractivity contribution in [1.82, 2.24) is 4.57 Å². The van der Waals surface area contributed by atoms with Crippen LogP contribution in [0.5, 0.6) is 11.5 Å². The number of hydrogen-bond donors (Lipinski definition) is 1. The lowest BCUT2D eigenvalue weighted by atomic mass is 10.0. The van der Waals surface area contributed by atoms with Crippen LogP contribution in [-0.2, 0) is 0 Å².